The van der Waals surface area contributed by atoms with Crippen molar-refractivity contribution in [3.63, 3.8) is 0 Å². The number of hydrogen-bond donors (Lipinski definition) is 2. The van der Waals surface area contributed by atoms with E-state index in [4.69, 9.17) is 5.11 Å². The number of hydrogen-bond acceptors (Lipinski definition) is 3. The lowest BCUT2D eigenvalue weighted by molar-refractivity contribution is -0.138. The smallest absolute Gasteiger partial charge is 0.321 e. The molecule has 1 heterocycles. The molecule has 0 amide bonds. The van der Waals surface area contributed by atoms with Crippen molar-refractivity contribution in [3.8, 4) is 0 Å². The topological polar surface area (TPSA) is 49.3 Å². The van der Waals surface area contributed by atoms with Crippen LogP contribution in [0.5, 0.6) is 0 Å². The quantitative estimate of drug-likeness (QED) is 0.661. The molecule has 15 heavy (non-hydrogen) atoms. The molecule has 0 aromatic carbocycles. The minimum atomic E-state index is -0.712. The third-order valence-corrected chi connectivity index (χ3v) is 4.02. The molecule has 0 bridgehead atoms. The molecule has 2 atom stereocenters. The van der Waals surface area contributed by atoms with E-state index in [1.165, 1.54) is 32.1 Å². The van der Waals surface area contributed by atoms with E-state index in [-0.39, 0.29) is 6.04 Å². The molecule has 0 aliphatic carbocycles. The van der Waals surface area contributed by atoms with Gasteiger partial charge in [0, 0.05) is 5.75 Å². The second-order valence-electron chi connectivity index (χ2n) is 4.08. The highest BCUT2D eigenvalue weighted by Gasteiger charge is 2.28. The summed E-state index contributed by atoms with van der Waals surface area (Å²) in [4.78, 5) is 10.7. The molecule has 0 unspecified atom stereocenters. The summed E-state index contributed by atoms with van der Waals surface area (Å²) in [7, 11) is 0. The summed E-state index contributed by atoms with van der Waals surface area (Å²) in [5.74, 6) is 0.00517. The zero-order chi connectivity index (χ0) is 11.1. The molecular formula is C11H21NO2S. The first-order valence-electron chi connectivity index (χ1n) is 5.84. The second-order valence-corrected chi connectivity index (χ2v) is 5.32. The largest absolute Gasteiger partial charge is 0.480 e. The first-order chi connectivity index (χ1) is 7.24. The first-order valence-corrected chi connectivity index (χ1v) is 6.89. The standard InChI is InChI=1S/C11H21NO2S/c1-2-3-4-5-6-7-10-12-9(8-15-10)11(13)14/h9-10,12H,2-8H2,1H3,(H,13,14)/t9-,10+/m0/s1. The van der Waals surface area contributed by atoms with Gasteiger partial charge in [0.2, 0.25) is 0 Å². The highest BCUT2D eigenvalue weighted by atomic mass is 32.2. The molecule has 1 rings (SSSR count). The van der Waals surface area contributed by atoms with E-state index >= 15 is 0 Å². The SMILES string of the molecule is CCCCCCC[C@@H]1N[C@H](C(=O)O)CS1. The van der Waals surface area contributed by atoms with Gasteiger partial charge < -0.3 is 5.11 Å². The molecule has 0 aromatic rings. The van der Waals surface area contributed by atoms with Crippen LogP contribution in [0, 0.1) is 0 Å². The number of nitrogens with one attached hydrogen (secondary N) is 1. The Kier molecular flexibility index (Phi) is 6.10. The predicted octanol–water partition coefficient (Wildman–Crippen LogP) is 2.46. The van der Waals surface area contributed by atoms with E-state index in [1.54, 1.807) is 11.8 Å². The van der Waals surface area contributed by atoms with E-state index < -0.39 is 5.97 Å². The molecule has 2 N–H and O–H groups in total. The zero-order valence-electron chi connectivity index (χ0n) is 9.37. The monoisotopic (exact) mass is 231 g/mol. The van der Waals surface area contributed by atoms with Crippen LogP contribution in [0.3, 0.4) is 0 Å². The van der Waals surface area contributed by atoms with E-state index in [9.17, 15) is 4.79 Å². The Labute approximate surface area is 96.0 Å². The highest BCUT2D eigenvalue weighted by molar-refractivity contribution is 8.00. The lowest BCUT2D eigenvalue weighted by Gasteiger charge is -2.10. The fourth-order valence-electron chi connectivity index (χ4n) is 1.78. The van der Waals surface area contributed by atoms with Crippen LogP contribution in [0.15, 0.2) is 0 Å². The molecule has 4 heteroatoms. The molecule has 0 spiro atoms. The lowest BCUT2D eigenvalue weighted by atomic mass is 10.1. The number of unbranched alkanes of at least 4 members (excludes halogenated alkanes) is 4. The predicted molar refractivity (Wildman–Crippen MR) is 64.2 cm³/mol. The maximum absolute atomic E-state index is 10.7. The van der Waals surface area contributed by atoms with E-state index in [1.807, 2.05) is 0 Å². The molecular weight excluding hydrogens is 210 g/mol. The average molecular weight is 231 g/mol. The Morgan fingerprint density at radius 3 is 2.73 bits per heavy atom. The summed E-state index contributed by atoms with van der Waals surface area (Å²) < 4.78 is 0. The van der Waals surface area contributed by atoms with Gasteiger partial charge in [-0.3, -0.25) is 10.1 Å². The second kappa shape index (κ2) is 7.12. The van der Waals surface area contributed by atoms with Gasteiger partial charge in [0.05, 0.1) is 5.37 Å². The normalized spacial score (nSPS) is 25.7. The minimum absolute atomic E-state index is 0.323. The molecule has 3 nitrogen and oxygen atoms in total. The number of carboxylic acids is 1. The third-order valence-electron chi connectivity index (χ3n) is 2.72. The minimum Gasteiger partial charge on any atom is -0.480 e. The van der Waals surface area contributed by atoms with Crippen LogP contribution >= 0.6 is 11.8 Å². The summed E-state index contributed by atoms with van der Waals surface area (Å²) in [6, 6.07) is -0.323. The van der Waals surface area contributed by atoms with Gasteiger partial charge in [0.15, 0.2) is 0 Å². The van der Waals surface area contributed by atoms with Crippen LogP contribution in [0.2, 0.25) is 0 Å². The molecule has 0 radical (unpaired) electrons. The van der Waals surface area contributed by atoms with E-state index in [2.05, 4.69) is 12.2 Å². The number of rotatable bonds is 7. The van der Waals surface area contributed by atoms with Gasteiger partial charge in [-0.2, -0.15) is 0 Å². The van der Waals surface area contributed by atoms with Crippen molar-refractivity contribution in [2.75, 3.05) is 5.75 Å². The van der Waals surface area contributed by atoms with Gasteiger partial charge in [0.1, 0.15) is 6.04 Å². The Bertz CT molecular complexity index is 199. The van der Waals surface area contributed by atoms with E-state index in [0.29, 0.717) is 5.37 Å². The Morgan fingerprint density at radius 1 is 1.40 bits per heavy atom. The van der Waals surface area contributed by atoms with E-state index in [0.717, 1.165) is 12.2 Å². The van der Waals surface area contributed by atoms with Gasteiger partial charge >= 0.3 is 5.97 Å². The third kappa shape index (κ3) is 4.89. The summed E-state index contributed by atoms with van der Waals surface area (Å²) in [6.45, 7) is 2.21. The molecule has 0 saturated carbocycles. The van der Waals surface area contributed by atoms with Crippen LogP contribution < -0.4 is 5.32 Å². The molecule has 0 aromatic heterocycles. The molecule has 88 valence electrons. The van der Waals surface area contributed by atoms with Crippen molar-refractivity contribution in [1.29, 1.82) is 0 Å². The van der Waals surface area contributed by atoms with Crippen LogP contribution in [-0.4, -0.2) is 28.2 Å². The van der Waals surface area contributed by atoms with Crippen LogP contribution in [0.4, 0.5) is 0 Å². The summed E-state index contributed by atoms with van der Waals surface area (Å²) in [6.07, 6.45) is 7.52. The average Bonchev–Trinajstić information content (AvgIpc) is 2.66. The Balaban J connectivity index is 2.01. The summed E-state index contributed by atoms with van der Waals surface area (Å²) in [5.41, 5.74) is 0. The van der Waals surface area contributed by atoms with Crippen molar-refractivity contribution in [1.82, 2.24) is 5.32 Å². The van der Waals surface area contributed by atoms with Crippen molar-refractivity contribution in [2.45, 2.75) is 56.9 Å². The molecule has 1 aliphatic rings. The Hall–Kier alpha value is -0.220. The van der Waals surface area contributed by atoms with Crippen molar-refractivity contribution in [2.24, 2.45) is 0 Å². The van der Waals surface area contributed by atoms with Crippen LogP contribution in [0.1, 0.15) is 45.4 Å². The highest BCUT2D eigenvalue weighted by Crippen LogP contribution is 2.23. The summed E-state index contributed by atoms with van der Waals surface area (Å²) in [5, 5.41) is 12.3. The molecule has 1 saturated heterocycles. The van der Waals surface area contributed by atoms with Gasteiger partial charge in [0.25, 0.3) is 0 Å². The fraction of sp³-hybridized carbons (Fsp3) is 0.909. The van der Waals surface area contributed by atoms with Crippen molar-refractivity contribution in [3.05, 3.63) is 0 Å². The number of thioether (sulfide) groups is 1. The van der Waals surface area contributed by atoms with Gasteiger partial charge in [-0.1, -0.05) is 39.0 Å². The molecule has 1 aliphatic heterocycles. The number of carbonyl (C=O) groups is 1. The Morgan fingerprint density at radius 2 is 2.13 bits per heavy atom. The zero-order valence-corrected chi connectivity index (χ0v) is 10.2. The van der Waals surface area contributed by atoms with Crippen LogP contribution in [0.25, 0.3) is 0 Å². The molecule has 1 fully saturated rings. The number of aliphatic carboxylic acids is 1. The van der Waals surface area contributed by atoms with Crippen molar-refractivity contribution < 1.29 is 9.90 Å². The summed E-state index contributed by atoms with van der Waals surface area (Å²) >= 11 is 1.75. The fourth-order valence-corrected chi connectivity index (χ4v) is 3.03. The lowest BCUT2D eigenvalue weighted by Crippen LogP contribution is -2.36. The van der Waals surface area contributed by atoms with Crippen LogP contribution in [-0.2, 0) is 4.79 Å². The van der Waals surface area contributed by atoms with Crippen molar-refractivity contribution >= 4 is 17.7 Å². The number of carboxylic acid groups (broad SMARTS) is 1. The van der Waals surface area contributed by atoms with Gasteiger partial charge in [-0.05, 0) is 6.42 Å². The van der Waals surface area contributed by atoms with Gasteiger partial charge in [-0.25, -0.2) is 0 Å². The maximum Gasteiger partial charge on any atom is 0.321 e. The van der Waals surface area contributed by atoms with Gasteiger partial charge in [-0.15, -0.1) is 11.8 Å². The maximum atomic E-state index is 10.7. The first kappa shape index (κ1) is 12.8.